The van der Waals surface area contributed by atoms with Crippen molar-refractivity contribution in [1.82, 2.24) is 15.3 Å². The van der Waals surface area contributed by atoms with Gasteiger partial charge in [0.05, 0.1) is 4.47 Å². The molecule has 4 nitrogen and oxygen atoms in total. The topological polar surface area (TPSA) is 41.1 Å². The van der Waals surface area contributed by atoms with Crippen molar-refractivity contribution in [3.63, 3.8) is 0 Å². The fourth-order valence-corrected chi connectivity index (χ4v) is 2.46. The van der Waals surface area contributed by atoms with E-state index in [1.54, 1.807) is 0 Å². The van der Waals surface area contributed by atoms with Crippen LogP contribution >= 0.6 is 15.9 Å². The largest absolute Gasteiger partial charge is 0.335 e. The van der Waals surface area contributed by atoms with E-state index in [1.807, 2.05) is 12.4 Å². The van der Waals surface area contributed by atoms with Crippen LogP contribution in [0.25, 0.3) is 0 Å². The highest BCUT2D eigenvalue weighted by Crippen LogP contribution is 2.26. The summed E-state index contributed by atoms with van der Waals surface area (Å²) in [4.78, 5) is 10.9. The molecule has 0 amide bonds. The normalized spacial score (nSPS) is 29.9. The van der Waals surface area contributed by atoms with Crippen molar-refractivity contribution in [2.45, 2.75) is 18.5 Å². The van der Waals surface area contributed by atoms with Crippen LogP contribution in [0.4, 0.5) is 5.95 Å². The average molecular weight is 255 g/mol. The molecule has 3 rings (SSSR count). The third-order valence-electron chi connectivity index (χ3n) is 2.92. The minimum absolute atomic E-state index is 0.598. The number of anilines is 1. The third-order valence-corrected chi connectivity index (χ3v) is 3.33. The summed E-state index contributed by atoms with van der Waals surface area (Å²) in [5.41, 5.74) is 0. The van der Waals surface area contributed by atoms with E-state index in [2.05, 4.69) is 36.1 Å². The minimum Gasteiger partial charge on any atom is -0.335 e. The van der Waals surface area contributed by atoms with Crippen molar-refractivity contribution in [2.75, 3.05) is 18.0 Å². The van der Waals surface area contributed by atoms with Crippen LogP contribution in [0.1, 0.15) is 6.42 Å². The lowest BCUT2D eigenvalue weighted by Gasteiger charge is -2.27. The Morgan fingerprint density at radius 2 is 2.21 bits per heavy atom. The predicted molar refractivity (Wildman–Crippen MR) is 57.3 cm³/mol. The molecule has 3 heterocycles. The Morgan fingerprint density at radius 3 is 2.79 bits per heavy atom. The van der Waals surface area contributed by atoms with Gasteiger partial charge < -0.3 is 10.2 Å². The summed E-state index contributed by atoms with van der Waals surface area (Å²) < 4.78 is 0.934. The summed E-state index contributed by atoms with van der Waals surface area (Å²) in [6.07, 6.45) is 4.85. The number of piperazine rings is 1. The Hall–Kier alpha value is -0.680. The van der Waals surface area contributed by atoms with Gasteiger partial charge in [0.2, 0.25) is 5.95 Å². The molecule has 2 bridgehead atoms. The summed E-state index contributed by atoms with van der Waals surface area (Å²) in [5, 5.41) is 3.46. The van der Waals surface area contributed by atoms with E-state index in [4.69, 9.17) is 0 Å². The lowest BCUT2D eigenvalue weighted by molar-refractivity contribution is 0.571. The zero-order chi connectivity index (χ0) is 9.54. The molecular weight excluding hydrogens is 244 g/mol. The number of aromatic nitrogens is 2. The van der Waals surface area contributed by atoms with Gasteiger partial charge >= 0.3 is 0 Å². The van der Waals surface area contributed by atoms with Crippen LogP contribution in [0, 0.1) is 0 Å². The Morgan fingerprint density at radius 1 is 1.43 bits per heavy atom. The van der Waals surface area contributed by atoms with Gasteiger partial charge in [0.15, 0.2) is 0 Å². The molecule has 0 saturated carbocycles. The number of hydrogen-bond acceptors (Lipinski definition) is 4. The van der Waals surface area contributed by atoms with Crippen LogP contribution in [-0.2, 0) is 0 Å². The highest BCUT2D eigenvalue weighted by Gasteiger charge is 2.38. The summed E-state index contributed by atoms with van der Waals surface area (Å²) in [6.45, 7) is 2.12. The number of fused-ring (bicyclic) bond motifs is 2. The Labute approximate surface area is 90.9 Å². The molecule has 0 unspecified atom stereocenters. The third kappa shape index (κ3) is 1.31. The lowest BCUT2D eigenvalue weighted by atomic mass is 10.2. The highest BCUT2D eigenvalue weighted by atomic mass is 79.9. The first-order valence-electron chi connectivity index (χ1n) is 4.80. The summed E-state index contributed by atoms with van der Waals surface area (Å²) in [6, 6.07) is 1.24. The molecule has 74 valence electrons. The maximum absolute atomic E-state index is 4.32. The van der Waals surface area contributed by atoms with Crippen LogP contribution in [0.2, 0.25) is 0 Å². The number of rotatable bonds is 1. The van der Waals surface area contributed by atoms with Gasteiger partial charge in [-0.05, 0) is 22.4 Å². The molecule has 1 aromatic heterocycles. The van der Waals surface area contributed by atoms with E-state index in [1.165, 1.54) is 6.42 Å². The second-order valence-corrected chi connectivity index (χ2v) is 4.76. The summed E-state index contributed by atoms with van der Waals surface area (Å²) in [5.74, 6) is 0.863. The molecule has 0 aliphatic carbocycles. The van der Waals surface area contributed by atoms with E-state index >= 15 is 0 Å². The van der Waals surface area contributed by atoms with Gasteiger partial charge in [0.1, 0.15) is 0 Å². The van der Waals surface area contributed by atoms with E-state index in [9.17, 15) is 0 Å². The van der Waals surface area contributed by atoms with Crippen molar-refractivity contribution in [1.29, 1.82) is 0 Å². The number of nitrogens with one attached hydrogen (secondary N) is 1. The van der Waals surface area contributed by atoms with Crippen LogP contribution in [-0.4, -0.2) is 35.1 Å². The number of halogens is 1. The van der Waals surface area contributed by atoms with Gasteiger partial charge in [0.25, 0.3) is 0 Å². The average Bonchev–Trinajstić information content (AvgIpc) is 2.80. The van der Waals surface area contributed by atoms with Crippen LogP contribution in [0.5, 0.6) is 0 Å². The van der Waals surface area contributed by atoms with Crippen molar-refractivity contribution < 1.29 is 0 Å². The van der Waals surface area contributed by atoms with Gasteiger partial charge in [-0.2, -0.15) is 0 Å². The fourth-order valence-electron chi connectivity index (χ4n) is 2.26. The highest BCUT2D eigenvalue weighted by molar-refractivity contribution is 9.10. The first-order valence-corrected chi connectivity index (χ1v) is 5.60. The standard InChI is InChI=1S/C9H11BrN4/c10-6-2-12-9(13-3-6)14-5-7-1-8(14)4-11-7/h2-3,7-8,11H,1,4-5H2/t7-,8-/m1/s1. The molecule has 14 heavy (non-hydrogen) atoms. The first-order chi connectivity index (χ1) is 6.83. The van der Waals surface area contributed by atoms with Gasteiger partial charge in [-0.15, -0.1) is 0 Å². The van der Waals surface area contributed by atoms with E-state index < -0.39 is 0 Å². The van der Waals surface area contributed by atoms with Crippen LogP contribution < -0.4 is 10.2 Å². The monoisotopic (exact) mass is 254 g/mol. The van der Waals surface area contributed by atoms with Crippen molar-refractivity contribution in [2.24, 2.45) is 0 Å². The molecule has 2 atom stereocenters. The molecule has 2 aliphatic rings. The number of hydrogen-bond donors (Lipinski definition) is 1. The van der Waals surface area contributed by atoms with E-state index in [0.717, 1.165) is 23.5 Å². The van der Waals surface area contributed by atoms with Gasteiger partial charge in [0, 0.05) is 37.6 Å². The summed E-state index contributed by atoms with van der Waals surface area (Å²) in [7, 11) is 0. The molecule has 2 fully saturated rings. The van der Waals surface area contributed by atoms with Crippen LogP contribution in [0.3, 0.4) is 0 Å². The van der Waals surface area contributed by atoms with E-state index in [0.29, 0.717) is 12.1 Å². The quantitative estimate of drug-likeness (QED) is 0.805. The Kier molecular flexibility index (Phi) is 1.95. The fraction of sp³-hybridized carbons (Fsp3) is 0.556. The van der Waals surface area contributed by atoms with Crippen molar-refractivity contribution in [3.05, 3.63) is 16.9 Å². The smallest absolute Gasteiger partial charge is 0.225 e. The minimum atomic E-state index is 0.598. The maximum atomic E-state index is 4.32. The van der Waals surface area contributed by atoms with Gasteiger partial charge in [-0.1, -0.05) is 0 Å². The molecule has 0 spiro atoms. The van der Waals surface area contributed by atoms with Crippen molar-refractivity contribution in [3.8, 4) is 0 Å². The van der Waals surface area contributed by atoms with E-state index in [-0.39, 0.29) is 0 Å². The number of nitrogens with zero attached hydrogens (tertiary/aromatic N) is 3. The SMILES string of the molecule is Brc1cnc(N2C[C@H]3C[C@@H]2CN3)nc1. The van der Waals surface area contributed by atoms with Crippen LogP contribution in [0.15, 0.2) is 16.9 Å². The first kappa shape index (κ1) is 8.61. The predicted octanol–water partition coefficient (Wildman–Crippen LogP) is 0.790. The maximum Gasteiger partial charge on any atom is 0.225 e. The second-order valence-electron chi connectivity index (χ2n) is 3.85. The molecular formula is C9H11BrN4. The van der Waals surface area contributed by atoms with Crippen molar-refractivity contribution >= 4 is 21.9 Å². The lowest BCUT2D eigenvalue weighted by Crippen LogP contribution is -2.44. The molecule has 1 aromatic rings. The Balaban J connectivity index is 1.86. The summed E-state index contributed by atoms with van der Waals surface area (Å²) >= 11 is 3.34. The molecule has 2 aliphatic heterocycles. The zero-order valence-corrected chi connectivity index (χ0v) is 9.24. The van der Waals surface area contributed by atoms with Gasteiger partial charge in [-0.3, -0.25) is 0 Å². The van der Waals surface area contributed by atoms with Gasteiger partial charge in [-0.25, -0.2) is 9.97 Å². The molecule has 2 saturated heterocycles. The molecule has 0 radical (unpaired) electrons. The molecule has 5 heteroatoms. The molecule has 1 N–H and O–H groups in total. The molecule has 0 aromatic carbocycles. The second kappa shape index (κ2) is 3.17. The zero-order valence-electron chi connectivity index (χ0n) is 7.65. The Bertz CT molecular complexity index is 339.